The molecule has 0 saturated carbocycles. The van der Waals surface area contributed by atoms with Gasteiger partial charge in [-0.1, -0.05) is 6.07 Å². The molecule has 0 fully saturated rings. The minimum atomic E-state index is -3.82. The molecule has 1 aromatic heterocycles. The van der Waals surface area contributed by atoms with Crippen molar-refractivity contribution in [2.24, 2.45) is 5.14 Å². The van der Waals surface area contributed by atoms with Crippen LogP contribution in [0, 0.1) is 21.4 Å². The monoisotopic (exact) mass is 438 g/mol. The quantitative estimate of drug-likeness (QED) is 0.258. The highest BCUT2D eigenvalue weighted by Crippen LogP contribution is 2.25. The Kier molecular flexibility index (Phi) is 5.96. The van der Waals surface area contributed by atoms with Crippen LogP contribution in [-0.4, -0.2) is 19.2 Å². The maximum absolute atomic E-state index is 12.4. The van der Waals surface area contributed by atoms with Crippen molar-refractivity contribution in [1.82, 2.24) is 0 Å². The van der Waals surface area contributed by atoms with Gasteiger partial charge in [0.25, 0.3) is 11.6 Å². The van der Waals surface area contributed by atoms with Crippen molar-refractivity contribution in [3.8, 4) is 17.4 Å². The number of non-ortho nitro benzene ring substituents is 1. The van der Waals surface area contributed by atoms with Crippen LogP contribution >= 0.6 is 0 Å². The van der Waals surface area contributed by atoms with E-state index in [2.05, 4.69) is 5.32 Å². The number of furan rings is 1. The third kappa shape index (κ3) is 5.21. The first-order chi connectivity index (χ1) is 14.7. The zero-order chi connectivity index (χ0) is 22.6. The molecule has 0 aliphatic heterocycles. The number of carbonyl (C=O) groups is 1. The molecule has 0 atom stereocenters. The zero-order valence-corrected chi connectivity index (χ0v) is 16.5. The maximum atomic E-state index is 12.4. The number of amides is 1. The molecule has 1 heterocycles. The number of nitro benzene ring substituents is 1. The molecule has 156 valence electrons. The molecule has 10 nitrogen and oxygen atoms in total. The average Bonchev–Trinajstić information content (AvgIpc) is 3.20. The second-order valence-electron chi connectivity index (χ2n) is 6.20. The lowest BCUT2D eigenvalue weighted by Crippen LogP contribution is -2.13. The van der Waals surface area contributed by atoms with Gasteiger partial charge in [0, 0.05) is 29.5 Å². The normalized spacial score (nSPS) is 11.5. The lowest BCUT2D eigenvalue weighted by molar-refractivity contribution is -0.384. The number of nitriles is 1. The van der Waals surface area contributed by atoms with Gasteiger partial charge in [0.1, 0.15) is 23.2 Å². The van der Waals surface area contributed by atoms with Gasteiger partial charge in [-0.25, -0.2) is 13.6 Å². The fraction of sp³-hybridized carbons (Fsp3) is 0. The van der Waals surface area contributed by atoms with E-state index in [9.17, 15) is 28.6 Å². The highest BCUT2D eigenvalue weighted by molar-refractivity contribution is 7.89. The molecule has 0 bridgehead atoms. The molecule has 3 N–H and O–H groups in total. The molecule has 0 radical (unpaired) electrons. The maximum Gasteiger partial charge on any atom is 0.271 e. The van der Waals surface area contributed by atoms with Gasteiger partial charge in [0.15, 0.2) is 0 Å². The lowest BCUT2D eigenvalue weighted by atomic mass is 10.2. The van der Waals surface area contributed by atoms with Crippen molar-refractivity contribution in [3.63, 3.8) is 0 Å². The van der Waals surface area contributed by atoms with E-state index in [1.807, 2.05) is 0 Å². The summed E-state index contributed by atoms with van der Waals surface area (Å²) >= 11 is 0. The number of nitrogens with zero attached hydrogens (tertiary/aromatic N) is 2. The number of sulfonamides is 1. The van der Waals surface area contributed by atoms with Crippen molar-refractivity contribution in [3.05, 3.63) is 82.1 Å². The van der Waals surface area contributed by atoms with Crippen LogP contribution in [0.15, 0.2) is 75.5 Å². The van der Waals surface area contributed by atoms with Gasteiger partial charge in [-0.15, -0.1) is 0 Å². The fourth-order valence-corrected chi connectivity index (χ4v) is 3.10. The third-order valence-electron chi connectivity index (χ3n) is 4.06. The van der Waals surface area contributed by atoms with Crippen LogP contribution in [0.2, 0.25) is 0 Å². The molecule has 0 spiro atoms. The molecule has 0 unspecified atom stereocenters. The molecule has 3 rings (SSSR count). The number of hydrogen-bond donors (Lipinski definition) is 2. The van der Waals surface area contributed by atoms with Crippen molar-refractivity contribution < 1.29 is 22.6 Å². The minimum absolute atomic E-state index is 0.0486. The highest BCUT2D eigenvalue weighted by atomic mass is 32.2. The SMILES string of the molecule is N#C/C(=C/c1ccc(-c2ccc(S(N)(=O)=O)cc2)o1)C(=O)Nc1cccc([N+](=O)[O-])c1. The van der Waals surface area contributed by atoms with Gasteiger partial charge in [0.2, 0.25) is 10.0 Å². The van der Waals surface area contributed by atoms with Gasteiger partial charge < -0.3 is 9.73 Å². The molecule has 0 aliphatic carbocycles. The predicted octanol–water partition coefficient (Wildman–Crippen LogP) is 3.05. The number of primary sulfonamides is 1. The van der Waals surface area contributed by atoms with Crippen LogP contribution in [0.3, 0.4) is 0 Å². The Morgan fingerprint density at radius 3 is 2.48 bits per heavy atom. The Labute approximate surface area is 176 Å². The lowest BCUT2D eigenvalue weighted by Gasteiger charge is -2.03. The Bertz CT molecular complexity index is 1330. The van der Waals surface area contributed by atoms with E-state index in [-0.39, 0.29) is 27.6 Å². The summed E-state index contributed by atoms with van der Waals surface area (Å²) in [4.78, 5) is 22.5. The van der Waals surface area contributed by atoms with Crippen LogP contribution < -0.4 is 10.5 Å². The molecular formula is C20H14N4O6S. The van der Waals surface area contributed by atoms with Gasteiger partial charge >= 0.3 is 0 Å². The van der Waals surface area contributed by atoms with Crippen molar-refractivity contribution in [1.29, 1.82) is 5.26 Å². The Morgan fingerprint density at radius 2 is 1.87 bits per heavy atom. The van der Waals surface area contributed by atoms with E-state index < -0.39 is 20.9 Å². The molecule has 0 aliphatic rings. The Morgan fingerprint density at radius 1 is 1.16 bits per heavy atom. The second-order valence-corrected chi connectivity index (χ2v) is 7.76. The van der Waals surface area contributed by atoms with E-state index in [0.29, 0.717) is 11.3 Å². The smallest absolute Gasteiger partial charge is 0.271 e. The van der Waals surface area contributed by atoms with Crippen molar-refractivity contribution >= 4 is 33.4 Å². The zero-order valence-electron chi connectivity index (χ0n) is 15.7. The average molecular weight is 438 g/mol. The summed E-state index contributed by atoms with van der Waals surface area (Å²) in [5, 5.41) is 27.6. The van der Waals surface area contributed by atoms with Gasteiger partial charge in [-0.3, -0.25) is 14.9 Å². The Hall–Kier alpha value is -4.27. The van der Waals surface area contributed by atoms with Gasteiger partial charge in [-0.05, 0) is 42.5 Å². The van der Waals surface area contributed by atoms with E-state index in [0.717, 1.165) is 0 Å². The van der Waals surface area contributed by atoms with Crippen molar-refractivity contribution in [2.45, 2.75) is 4.90 Å². The summed E-state index contributed by atoms with van der Waals surface area (Å²) in [7, 11) is -3.82. The summed E-state index contributed by atoms with van der Waals surface area (Å²) < 4.78 is 28.3. The summed E-state index contributed by atoms with van der Waals surface area (Å²) in [5.41, 5.74) is 0.239. The molecule has 11 heteroatoms. The first-order valence-electron chi connectivity index (χ1n) is 8.58. The number of carbonyl (C=O) groups excluding carboxylic acids is 1. The number of hydrogen-bond acceptors (Lipinski definition) is 7. The molecule has 0 saturated heterocycles. The van der Waals surface area contributed by atoms with E-state index >= 15 is 0 Å². The van der Waals surface area contributed by atoms with Crippen LogP contribution in [0.25, 0.3) is 17.4 Å². The second kappa shape index (κ2) is 8.62. The third-order valence-corrected chi connectivity index (χ3v) is 4.99. The van der Waals surface area contributed by atoms with Crippen LogP contribution in [0.4, 0.5) is 11.4 Å². The van der Waals surface area contributed by atoms with E-state index in [1.54, 1.807) is 12.1 Å². The summed E-state index contributed by atoms with van der Waals surface area (Å²) in [6, 6.07) is 15.8. The largest absolute Gasteiger partial charge is 0.457 e. The standard InChI is InChI=1S/C20H14N4O6S/c21-12-14(20(25)23-15-2-1-3-16(11-15)24(26)27)10-17-6-9-19(30-17)13-4-7-18(8-5-13)31(22,28)29/h1-11H,(H,23,25)(H2,22,28,29)/b14-10-. The van der Waals surface area contributed by atoms with Gasteiger partial charge in [0.05, 0.1) is 9.82 Å². The first kappa shape index (κ1) is 21.4. The van der Waals surface area contributed by atoms with Crippen LogP contribution in [-0.2, 0) is 14.8 Å². The number of anilines is 1. The number of rotatable bonds is 6. The predicted molar refractivity (Wildman–Crippen MR) is 111 cm³/mol. The van der Waals surface area contributed by atoms with Gasteiger partial charge in [-0.2, -0.15) is 5.26 Å². The van der Waals surface area contributed by atoms with Crippen LogP contribution in [0.5, 0.6) is 0 Å². The molecule has 3 aromatic rings. The van der Waals surface area contributed by atoms with Crippen molar-refractivity contribution in [2.75, 3.05) is 5.32 Å². The number of nitro groups is 1. The molecule has 2 aromatic carbocycles. The number of benzene rings is 2. The van der Waals surface area contributed by atoms with E-state index in [4.69, 9.17) is 9.56 Å². The topological polar surface area (TPSA) is 169 Å². The first-order valence-corrected chi connectivity index (χ1v) is 10.1. The summed E-state index contributed by atoms with van der Waals surface area (Å²) in [5.74, 6) is -0.182. The highest BCUT2D eigenvalue weighted by Gasteiger charge is 2.14. The number of nitrogens with two attached hydrogens (primary N) is 1. The van der Waals surface area contributed by atoms with Crippen LogP contribution in [0.1, 0.15) is 5.76 Å². The fourth-order valence-electron chi connectivity index (χ4n) is 2.58. The number of nitrogens with one attached hydrogen (secondary N) is 1. The minimum Gasteiger partial charge on any atom is -0.457 e. The molecule has 31 heavy (non-hydrogen) atoms. The molecular weight excluding hydrogens is 424 g/mol. The molecule has 1 amide bonds. The summed E-state index contributed by atoms with van der Waals surface area (Å²) in [6.45, 7) is 0. The van der Waals surface area contributed by atoms with E-state index in [1.165, 1.54) is 60.7 Å². The Balaban J connectivity index is 1.80. The summed E-state index contributed by atoms with van der Waals surface area (Å²) in [6.07, 6.45) is 1.22.